The van der Waals surface area contributed by atoms with Gasteiger partial charge in [0.15, 0.2) is 0 Å². The lowest BCUT2D eigenvalue weighted by Crippen LogP contribution is -2.30. The number of rotatable bonds is 4. The Morgan fingerprint density at radius 2 is 1.59 bits per heavy atom. The van der Waals surface area contributed by atoms with Crippen molar-refractivity contribution >= 4 is 28.6 Å². The first kappa shape index (κ1) is 15.3. The van der Waals surface area contributed by atoms with Gasteiger partial charge in [0.25, 0.3) is 0 Å². The molecule has 1 fully saturated rings. The first-order valence-corrected chi connectivity index (χ1v) is 7.93. The largest absolute Gasteiger partial charge is 0.469 e. The number of hydrogen-bond acceptors (Lipinski definition) is 2. The fourth-order valence-corrected chi connectivity index (χ4v) is 3.61. The predicted molar refractivity (Wildman–Crippen MR) is 79.3 cm³/mol. The SMILES string of the molecule is COC(=O)C(C)C1CCC(C(I)C(C)C)CC1. The van der Waals surface area contributed by atoms with E-state index in [4.69, 9.17) is 4.74 Å². The van der Waals surface area contributed by atoms with Gasteiger partial charge in [-0.2, -0.15) is 0 Å². The van der Waals surface area contributed by atoms with Crippen LogP contribution in [0.3, 0.4) is 0 Å². The molecule has 0 N–H and O–H groups in total. The summed E-state index contributed by atoms with van der Waals surface area (Å²) in [7, 11) is 1.49. The molecule has 100 valence electrons. The molecule has 17 heavy (non-hydrogen) atoms. The van der Waals surface area contributed by atoms with E-state index in [0.717, 1.165) is 15.8 Å². The number of ether oxygens (including phenoxy) is 1. The van der Waals surface area contributed by atoms with Crippen LogP contribution in [0.25, 0.3) is 0 Å². The van der Waals surface area contributed by atoms with Crippen molar-refractivity contribution < 1.29 is 9.53 Å². The van der Waals surface area contributed by atoms with Gasteiger partial charge in [0, 0.05) is 3.92 Å². The Morgan fingerprint density at radius 3 is 2.00 bits per heavy atom. The van der Waals surface area contributed by atoms with Gasteiger partial charge in [0.05, 0.1) is 13.0 Å². The molecule has 0 aromatic carbocycles. The summed E-state index contributed by atoms with van der Waals surface area (Å²) in [5.74, 6) is 2.18. The standard InChI is InChI=1S/C14H25IO2/c1-9(2)13(15)12-7-5-11(6-8-12)10(3)14(16)17-4/h9-13H,5-8H2,1-4H3. The number of alkyl halides is 1. The van der Waals surface area contributed by atoms with E-state index < -0.39 is 0 Å². The van der Waals surface area contributed by atoms with Crippen molar-refractivity contribution in [3.8, 4) is 0 Å². The molecule has 0 aromatic heterocycles. The van der Waals surface area contributed by atoms with Gasteiger partial charge in [-0.25, -0.2) is 0 Å². The summed E-state index contributed by atoms with van der Waals surface area (Å²) in [5.41, 5.74) is 0. The summed E-state index contributed by atoms with van der Waals surface area (Å²) in [6.45, 7) is 6.63. The molecule has 1 rings (SSSR count). The third-order valence-electron chi connectivity index (χ3n) is 4.18. The van der Waals surface area contributed by atoms with Crippen molar-refractivity contribution in [3.05, 3.63) is 0 Å². The Bertz CT molecular complexity index is 245. The van der Waals surface area contributed by atoms with Crippen molar-refractivity contribution in [1.82, 2.24) is 0 Å². The first-order chi connectivity index (χ1) is 7.97. The second kappa shape index (κ2) is 6.95. The van der Waals surface area contributed by atoms with Crippen LogP contribution >= 0.6 is 22.6 Å². The third-order valence-corrected chi connectivity index (χ3v) is 6.64. The number of carbonyl (C=O) groups excluding carboxylic acids is 1. The molecule has 2 unspecified atom stereocenters. The maximum absolute atomic E-state index is 11.5. The average molecular weight is 352 g/mol. The molecule has 3 heteroatoms. The third kappa shape index (κ3) is 4.11. The van der Waals surface area contributed by atoms with Crippen LogP contribution in [0.4, 0.5) is 0 Å². The highest BCUT2D eigenvalue weighted by molar-refractivity contribution is 14.1. The van der Waals surface area contributed by atoms with Crippen LogP contribution in [0.5, 0.6) is 0 Å². The molecule has 1 saturated carbocycles. The molecule has 0 aliphatic heterocycles. The Kier molecular flexibility index (Phi) is 6.24. The van der Waals surface area contributed by atoms with E-state index in [1.54, 1.807) is 0 Å². The second-order valence-electron chi connectivity index (χ2n) is 5.68. The number of esters is 1. The molecular weight excluding hydrogens is 327 g/mol. The Balaban J connectivity index is 2.43. The topological polar surface area (TPSA) is 26.3 Å². The summed E-state index contributed by atoms with van der Waals surface area (Å²) in [4.78, 5) is 11.5. The maximum atomic E-state index is 11.5. The van der Waals surface area contributed by atoms with Gasteiger partial charge in [-0.05, 0) is 43.4 Å². The molecule has 0 aromatic rings. The normalized spacial score (nSPS) is 28.8. The second-order valence-corrected chi connectivity index (χ2v) is 7.11. The molecule has 0 spiro atoms. The van der Waals surface area contributed by atoms with Gasteiger partial charge < -0.3 is 4.74 Å². The minimum atomic E-state index is -0.0386. The zero-order valence-corrected chi connectivity index (χ0v) is 13.6. The number of methoxy groups -OCH3 is 1. The molecule has 2 atom stereocenters. The van der Waals surface area contributed by atoms with Gasteiger partial charge in [-0.1, -0.05) is 43.4 Å². The summed E-state index contributed by atoms with van der Waals surface area (Å²) in [6.07, 6.45) is 4.93. The highest BCUT2D eigenvalue weighted by Gasteiger charge is 2.32. The Morgan fingerprint density at radius 1 is 1.12 bits per heavy atom. The van der Waals surface area contributed by atoms with Crippen LogP contribution in [-0.2, 0) is 9.53 Å². The fraction of sp³-hybridized carbons (Fsp3) is 0.929. The molecule has 1 aliphatic rings. The van der Waals surface area contributed by atoms with Crippen LogP contribution in [0, 0.1) is 23.7 Å². The summed E-state index contributed by atoms with van der Waals surface area (Å²) < 4.78 is 5.62. The van der Waals surface area contributed by atoms with Gasteiger partial charge in [-0.15, -0.1) is 0 Å². The van der Waals surface area contributed by atoms with Crippen molar-refractivity contribution in [1.29, 1.82) is 0 Å². The fourth-order valence-electron chi connectivity index (χ4n) is 2.89. The van der Waals surface area contributed by atoms with E-state index in [1.165, 1.54) is 32.8 Å². The van der Waals surface area contributed by atoms with Gasteiger partial charge in [-0.3, -0.25) is 4.79 Å². The van der Waals surface area contributed by atoms with Gasteiger partial charge in [0.1, 0.15) is 0 Å². The highest BCUT2D eigenvalue weighted by atomic mass is 127. The van der Waals surface area contributed by atoms with E-state index in [9.17, 15) is 4.79 Å². The lowest BCUT2D eigenvalue weighted by molar-refractivity contribution is -0.147. The van der Waals surface area contributed by atoms with Crippen LogP contribution < -0.4 is 0 Å². The van der Waals surface area contributed by atoms with E-state index in [1.807, 2.05) is 6.92 Å². The van der Waals surface area contributed by atoms with Crippen molar-refractivity contribution in [3.63, 3.8) is 0 Å². The number of hydrogen-bond donors (Lipinski definition) is 0. The average Bonchev–Trinajstić information content (AvgIpc) is 2.36. The Hall–Kier alpha value is 0.200. The zero-order chi connectivity index (χ0) is 13.0. The molecule has 0 saturated heterocycles. The van der Waals surface area contributed by atoms with E-state index >= 15 is 0 Å². The van der Waals surface area contributed by atoms with Crippen molar-refractivity contribution in [2.45, 2.75) is 50.4 Å². The van der Waals surface area contributed by atoms with Crippen molar-refractivity contribution in [2.75, 3.05) is 7.11 Å². The lowest BCUT2D eigenvalue weighted by Gasteiger charge is -2.34. The smallest absolute Gasteiger partial charge is 0.308 e. The molecule has 0 bridgehead atoms. The molecule has 0 heterocycles. The van der Waals surface area contributed by atoms with Crippen LogP contribution in [0.1, 0.15) is 46.5 Å². The number of halogens is 1. The van der Waals surface area contributed by atoms with Crippen molar-refractivity contribution in [2.24, 2.45) is 23.7 Å². The highest BCUT2D eigenvalue weighted by Crippen LogP contribution is 2.39. The molecule has 0 radical (unpaired) electrons. The van der Waals surface area contributed by atoms with E-state index in [0.29, 0.717) is 5.92 Å². The molecule has 1 aliphatic carbocycles. The van der Waals surface area contributed by atoms with E-state index in [2.05, 4.69) is 36.4 Å². The summed E-state index contributed by atoms with van der Waals surface area (Å²) in [5, 5.41) is 0. The molecular formula is C14H25IO2. The van der Waals surface area contributed by atoms with Crippen LogP contribution in [0.15, 0.2) is 0 Å². The summed E-state index contributed by atoms with van der Waals surface area (Å²) >= 11 is 2.60. The minimum Gasteiger partial charge on any atom is -0.469 e. The van der Waals surface area contributed by atoms with E-state index in [-0.39, 0.29) is 11.9 Å². The van der Waals surface area contributed by atoms with Crippen LogP contribution in [-0.4, -0.2) is 17.0 Å². The first-order valence-electron chi connectivity index (χ1n) is 6.69. The Labute approximate surface area is 119 Å². The minimum absolute atomic E-state index is 0.0386. The predicted octanol–water partition coefficient (Wildman–Crippen LogP) is 4.06. The zero-order valence-electron chi connectivity index (χ0n) is 11.4. The van der Waals surface area contributed by atoms with Gasteiger partial charge in [0.2, 0.25) is 0 Å². The summed E-state index contributed by atoms with van der Waals surface area (Å²) in [6, 6.07) is 0. The molecule has 0 amide bonds. The maximum Gasteiger partial charge on any atom is 0.308 e. The van der Waals surface area contributed by atoms with Gasteiger partial charge >= 0.3 is 5.97 Å². The lowest BCUT2D eigenvalue weighted by atomic mass is 9.74. The monoisotopic (exact) mass is 352 g/mol. The number of carbonyl (C=O) groups is 1. The van der Waals surface area contributed by atoms with Crippen LogP contribution in [0.2, 0.25) is 0 Å². The molecule has 2 nitrogen and oxygen atoms in total. The quantitative estimate of drug-likeness (QED) is 0.433.